The van der Waals surface area contributed by atoms with Crippen molar-refractivity contribution in [2.75, 3.05) is 0 Å². The van der Waals surface area contributed by atoms with E-state index in [2.05, 4.69) is 4.98 Å². The van der Waals surface area contributed by atoms with Crippen molar-refractivity contribution in [3.63, 3.8) is 0 Å². The van der Waals surface area contributed by atoms with Gasteiger partial charge in [-0.15, -0.1) is 0 Å². The van der Waals surface area contributed by atoms with E-state index >= 15 is 0 Å². The molecule has 1 heterocycles. The molecule has 0 aliphatic carbocycles. The molecule has 16 heavy (non-hydrogen) atoms. The minimum atomic E-state index is -0.712. The second-order valence-electron chi connectivity index (χ2n) is 3.47. The van der Waals surface area contributed by atoms with E-state index in [0.717, 1.165) is 6.07 Å². The largest absolute Gasteiger partial charge is 0.388 e. The van der Waals surface area contributed by atoms with Gasteiger partial charge in [-0.1, -0.05) is 12.2 Å². The van der Waals surface area contributed by atoms with Gasteiger partial charge in [0.2, 0.25) is 0 Å². The van der Waals surface area contributed by atoms with Gasteiger partial charge < -0.3 is 5.73 Å². The average Bonchev–Trinajstić information content (AvgIpc) is 2.19. The Balaban J connectivity index is 2.87. The van der Waals surface area contributed by atoms with Gasteiger partial charge in [-0.2, -0.15) is 0 Å². The zero-order valence-corrected chi connectivity index (χ0v) is 9.24. The lowest BCUT2D eigenvalue weighted by Gasteiger charge is -2.06. The number of pyridine rings is 1. The predicted molar refractivity (Wildman–Crippen MR) is 62.3 cm³/mol. The maximum absolute atomic E-state index is 13.5. The molecule has 2 nitrogen and oxygen atoms in total. The molecule has 0 atom stereocenters. The Labute approximate surface area is 96.1 Å². The first-order chi connectivity index (χ1) is 7.49. The normalized spacial score (nSPS) is 10.7. The predicted octanol–water partition coefficient (Wildman–Crippen LogP) is 2.46. The van der Waals surface area contributed by atoms with Crippen LogP contribution >= 0.6 is 12.2 Å². The van der Waals surface area contributed by atoms with E-state index < -0.39 is 11.6 Å². The number of hydrogen-bond acceptors (Lipinski definition) is 2. The van der Waals surface area contributed by atoms with Crippen molar-refractivity contribution in [2.24, 2.45) is 5.73 Å². The number of nitrogens with zero attached hydrogens (tertiary/aromatic N) is 1. The molecule has 0 aliphatic rings. The maximum atomic E-state index is 13.5. The van der Waals surface area contributed by atoms with Crippen LogP contribution in [-0.2, 0) is 0 Å². The number of fused-ring (bicyclic) bond motifs is 1. The Morgan fingerprint density at radius 3 is 2.62 bits per heavy atom. The Kier molecular flexibility index (Phi) is 2.55. The highest BCUT2D eigenvalue weighted by Crippen LogP contribution is 2.22. The molecule has 0 amide bonds. The fourth-order valence-electron chi connectivity index (χ4n) is 1.54. The molecule has 2 rings (SSSR count). The third kappa shape index (κ3) is 1.74. The van der Waals surface area contributed by atoms with Crippen LogP contribution in [0.5, 0.6) is 0 Å². The van der Waals surface area contributed by atoms with Crippen molar-refractivity contribution in [1.82, 2.24) is 4.98 Å². The topological polar surface area (TPSA) is 38.9 Å². The Morgan fingerprint density at radius 2 is 2.00 bits per heavy atom. The summed E-state index contributed by atoms with van der Waals surface area (Å²) in [7, 11) is 0. The highest BCUT2D eigenvalue weighted by atomic mass is 32.1. The molecule has 0 bridgehead atoms. The van der Waals surface area contributed by atoms with Crippen molar-refractivity contribution in [1.29, 1.82) is 0 Å². The van der Waals surface area contributed by atoms with E-state index in [9.17, 15) is 8.78 Å². The quantitative estimate of drug-likeness (QED) is 0.776. The average molecular weight is 238 g/mol. The number of nitrogens with two attached hydrogens (primary N) is 1. The SMILES string of the molecule is Cc1cc(C(N)=S)nc2c(F)cc(F)cc12. The summed E-state index contributed by atoms with van der Waals surface area (Å²) in [5.41, 5.74) is 6.54. The first kappa shape index (κ1) is 10.9. The van der Waals surface area contributed by atoms with E-state index in [-0.39, 0.29) is 10.5 Å². The van der Waals surface area contributed by atoms with Crippen LogP contribution in [0.3, 0.4) is 0 Å². The van der Waals surface area contributed by atoms with Crippen molar-refractivity contribution >= 4 is 28.1 Å². The molecular weight excluding hydrogens is 230 g/mol. The molecule has 0 aliphatic heterocycles. The zero-order valence-electron chi connectivity index (χ0n) is 8.42. The summed E-state index contributed by atoms with van der Waals surface area (Å²) in [6, 6.07) is 3.64. The number of aryl methyl sites for hydroxylation is 1. The lowest BCUT2D eigenvalue weighted by Crippen LogP contribution is -2.12. The van der Waals surface area contributed by atoms with Crippen LogP contribution in [0.25, 0.3) is 10.9 Å². The molecule has 0 saturated heterocycles. The number of benzene rings is 1. The molecule has 5 heteroatoms. The van der Waals surface area contributed by atoms with Gasteiger partial charge in [-0.05, 0) is 24.6 Å². The lowest BCUT2D eigenvalue weighted by atomic mass is 10.1. The van der Waals surface area contributed by atoms with Gasteiger partial charge in [-0.3, -0.25) is 0 Å². The Bertz CT molecular complexity index is 596. The van der Waals surface area contributed by atoms with Crippen molar-refractivity contribution in [3.8, 4) is 0 Å². The molecule has 0 fully saturated rings. The second kappa shape index (κ2) is 3.75. The van der Waals surface area contributed by atoms with Gasteiger partial charge in [0.1, 0.15) is 16.3 Å². The zero-order chi connectivity index (χ0) is 11.9. The van der Waals surface area contributed by atoms with Crippen LogP contribution in [0.15, 0.2) is 18.2 Å². The van der Waals surface area contributed by atoms with E-state index in [0.29, 0.717) is 16.6 Å². The highest BCUT2D eigenvalue weighted by molar-refractivity contribution is 7.80. The highest BCUT2D eigenvalue weighted by Gasteiger charge is 2.10. The van der Waals surface area contributed by atoms with Crippen LogP contribution in [0.2, 0.25) is 0 Å². The molecule has 0 saturated carbocycles. The molecule has 2 N–H and O–H groups in total. The molecular formula is C11H8F2N2S. The monoisotopic (exact) mass is 238 g/mol. The summed E-state index contributed by atoms with van der Waals surface area (Å²) in [6.07, 6.45) is 0. The maximum Gasteiger partial charge on any atom is 0.152 e. The third-order valence-electron chi connectivity index (χ3n) is 2.29. The van der Waals surface area contributed by atoms with Crippen molar-refractivity contribution < 1.29 is 8.78 Å². The van der Waals surface area contributed by atoms with Crippen LogP contribution in [-0.4, -0.2) is 9.97 Å². The summed E-state index contributed by atoms with van der Waals surface area (Å²) < 4.78 is 26.5. The molecule has 0 unspecified atom stereocenters. The van der Waals surface area contributed by atoms with E-state index in [1.807, 2.05) is 0 Å². The third-order valence-corrected chi connectivity index (χ3v) is 2.50. The van der Waals surface area contributed by atoms with Gasteiger partial charge in [0.15, 0.2) is 5.82 Å². The van der Waals surface area contributed by atoms with Gasteiger partial charge in [-0.25, -0.2) is 13.8 Å². The van der Waals surface area contributed by atoms with Crippen LogP contribution < -0.4 is 5.73 Å². The Hall–Kier alpha value is -1.62. The lowest BCUT2D eigenvalue weighted by molar-refractivity contribution is 0.590. The smallest absolute Gasteiger partial charge is 0.152 e. The van der Waals surface area contributed by atoms with E-state index in [1.165, 1.54) is 6.07 Å². The van der Waals surface area contributed by atoms with Crippen LogP contribution in [0, 0.1) is 18.6 Å². The molecule has 2 aromatic rings. The molecule has 1 aromatic carbocycles. The van der Waals surface area contributed by atoms with Crippen LogP contribution in [0.1, 0.15) is 11.3 Å². The molecule has 0 spiro atoms. The van der Waals surface area contributed by atoms with Crippen LogP contribution in [0.4, 0.5) is 8.78 Å². The van der Waals surface area contributed by atoms with E-state index in [1.54, 1.807) is 13.0 Å². The Morgan fingerprint density at radius 1 is 1.31 bits per heavy atom. The standard InChI is InChI=1S/C11H8F2N2S/c1-5-2-9(11(14)16)15-10-7(5)3-6(12)4-8(10)13/h2-4H,1H3,(H2,14,16). The van der Waals surface area contributed by atoms with Gasteiger partial charge in [0.05, 0.1) is 5.69 Å². The summed E-state index contributed by atoms with van der Waals surface area (Å²) >= 11 is 4.77. The van der Waals surface area contributed by atoms with Crippen molar-refractivity contribution in [3.05, 3.63) is 41.1 Å². The van der Waals surface area contributed by atoms with Crippen molar-refractivity contribution in [2.45, 2.75) is 6.92 Å². The number of halogens is 2. The first-order valence-corrected chi connectivity index (χ1v) is 4.96. The van der Waals surface area contributed by atoms with Gasteiger partial charge in [0.25, 0.3) is 0 Å². The molecule has 1 aromatic heterocycles. The number of aromatic nitrogens is 1. The minimum absolute atomic E-state index is 0.0872. The number of thiocarbonyl (C=S) groups is 1. The van der Waals surface area contributed by atoms with E-state index in [4.69, 9.17) is 18.0 Å². The summed E-state index contributed by atoms with van der Waals surface area (Å²) in [4.78, 5) is 4.06. The fourth-order valence-corrected chi connectivity index (χ4v) is 1.65. The second-order valence-corrected chi connectivity index (χ2v) is 3.91. The summed E-state index contributed by atoms with van der Waals surface area (Å²) in [5.74, 6) is -1.34. The van der Waals surface area contributed by atoms with Gasteiger partial charge >= 0.3 is 0 Å². The van der Waals surface area contributed by atoms with Gasteiger partial charge in [0, 0.05) is 11.5 Å². The number of rotatable bonds is 1. The number of hydrogen-bond donors (Lipinski definition) is 1. The summed E-state index contributed by atoms with van der Waals surface area (Å²) in [6.45, 7) is 1.73. The summed E-state index contributed by atoms with van der Waals surface area (Å²) in [5, 5.41) is 0.428. The fraction of sp³-hybridized carbons (Fsp3) is 0.0909. The molecule has 82 valence electrons. The molecule has 0 radical (unpaired) electrons. The first-order valence-electron chi connectivity index (χ1n) is 4.55. The minimum Gasteiger partial charge on any atom is -0.388 e.